The summed E-state index contributed by atoms with van der Waals surface area (Å²) >= 11 is 5.88. The first-order valence-electron chi connectivity index (χ1n) is 8.77. The molecule has 3 aromatic carbocycles. The molecule has 0 aliphatic carbocycles. The van der Waals surface area contributed by atoms with Crippen LogP contribution in [0.4, 0.5) is 11.4 Å². The van der Waals surface area contributed by atoms with Crippen molar-refractivity contribution < 1.29 is 0 Å². The first kappa shape index (κ1) is 20.0. The van der Waals surface area contributed by atoms with Crippen LogP contribution < -0.4 is 16.9 Å². The predicted octanol–water partition coefficient (Wildman–Crippen LogP) is 4.64. The molecule has 6 N–H and O–H groups in total. The average molecular weight is 406 g/mol. The molecule has 0 amide bonds. The Hall–Kier alpha value is -3.71. The third kappa shape index (κ3) is 5.88. The zero-order chi connectivity index (χ0) is 20.6. The molecule has 0 saturated heterocycles. The molecule has 0 fully saturated rings. The SMILES string of the molecule is N=C(N)c1ccc(NN=Nc2ccc(C(N)=NCc3ccc(Cl)cc3)cc2)cc1. The van der Waals surface area contributed by atoms with Gasteiger partial charge in [0.05, 0.1) is 17.9 Å². The standard InChI is InChI=1S/C21H20ClN7/c22-17-7-1-14(2-8-17)13-26-21(25)16-5-11-19(12-6-16)28-29-27-18-9-3-15(4-10-18)20(23)24/h1-12H,13H2,(H3,23,24)(H2,25,26)(H,27,28). The number of nitrogen functional groups attached to an aromatic ring is 1. The number of nitrogens with one attached hydrogen (secondary N) is 2. The quantitative estimate of drug-likeness (QED) is 0.198. The van der Waals surface area contributed by atoms with Gasteiger partial charge < -0.3 is 11.5 Å². The lowest BCUT2D eigenvalue weighted by molar-refractivity contribution is 1.06. The van der Waals surface area contributed by atoms with Crippen LogP contribution in [0.3, 0.4) is 0 Å². The highest BCUT2D eigenvalue weighted by Gasteiger charge is 2.00. The van der Waals surface area contributed by atoms with E-state index in [2.05, 4.69) is 20.8 Å². The van der Waals surface area contributed by atoms with Crippen molar-refractivity contribution in [3.05, 3.63) is 94.5 Å². The first-order valence-corrected chi connectivity index (χ1v) is 9.15. The topological polar surface area (TPSA) is 125 Å². The van der Waals surface area contributed by atoms with Gasteiger partial charge in [0, 0.05) is 16.1 Å². The first-order chi connectivity index (χ1) is 14.0. The maximum Gasteiger partial charge on any atom is 0.125 e. The Kier molecular flexibility index (Phi) is 6.55. The number of benzene rings is 3. The average Bonchev–Trinajstić information content (AvgIpc) is 2.74. The van der Waals surface area contributed by atoms with Crippen LogP contribution in [0.15, 0.2) is 88.1 Å². The van der Waals surface area contributed by atoms with Gasteiger partial charge in [0.15, 0.2) is 0 Å². The molecule has 0 bridgehead atoms. The number of anilines is 1. The number of hydrogen-bond acceptors (Lipinski definition) is 4. The lowest BCUT2D eigenvalue weighted by Crippen LogP contribution is -2.13. The van der Waals surface area contributed by atoms with E-state index in [0.29, 0.717) is 28.7 Å². The molecule has 0 heterocycles. The van der Waals surface area contributed by atoms with Crippen molar-refractivity contribution in [2.45, 2.75) is 6.54 Å². The van der Waals surface area contributed by atoms with Crippen molar-refractivity contribution in [3.8, 4) is 0 Å². The van der Waals surface area contributed by atoms with Crippen LogP contribution in [-0.2, 0) is 6.54 Å². The number of aliphatic imine (C=N–C) groups is 1. The Morgan fingerprint density at radius 3 is 2.10 bits per heavy atom. The Labute approximate surface area is 173 Å². The van der Waals surface area contributed by atoms with Crippen LogP contribution in [-0.4, -0.2) is 11.7 Å². The zero-order valence-electron chi connectivity index (χ0n) is 15.5. The van der Waals surface area contributed by atoms with E-state index in [1.165, 1.54) is 0 Å². The van der Waals surface area contributed by atoms with E-state index in [9.17, 15) is 0 Å². The van der Waals surface area contributed by atoms with Gasteiger partial charge in [-0.3, -0.25) is 15.8 Å². The number of rotatable bonds is 7. The maximum atomic E-state index is 7.37. The minimum absolute atomic E-state index is 0.0224. The largest absolute Gasteiger partial charge is 0.384 e. The lowest BCUT2D eigenvalue weighted by atomic mass is 10.2. The third-order valence-electron chi connectivity index (χ3n) is 4.05. The predicted molar refractivity (Wildman–Crippen MR) is 118 cm³/mol. The Morgan fingerprint density at radius 2 is 1.48 bits per heavy atom. The molecule has 0 unspecified atom stereocenters. The molecule has 7 nitrogen and oxygen atoms in total. The summed E-state index contributed by atoms with van der Waals surface area (Å²) in [6, 6.07) is 21.8. The minimum Gasteiger partial charge on any atom is -0.384 e. The van der Waals surface area contributed by atoms with Crippen LogP contribution >= 0.6 is 11.6 Å². The van der Waals surface area contributed by atoms with Crippen molar-refractivity contribution >= 4 is 34.6 Å². The van der Waals surface area contributed by atoms with Gasteiger partial charge in [-0.15, -0.1) is 5.11 Å². The molecule has 0 saturated carbocycles. The fourth-order valence-corrected chi connectivity index (χ4v) is 2.55. The van der Waals surface area contributed by atoms with Crippen molar-refractivity contribution in [3.63, 3.8) is 0 Å². The second-order valence-electron chi connectivity index (χ2n) is 6.18. The van der Waals surface area contributed by atoms with E-state index in [-0.39, 0.29) is 5.84 Å². The maximum absolute atomic E-state index is 7.37. The highest BCUT2D eigenvalue weighted by molar-refractivity contribution is 6.30. The molecule has 29 heavy (non-hydrogen) atoms. The Balaban J connectivity index is 1.57. The molecule has 0 aliphatic heterocycles. The fourth-order valence-electron chi connectivity index (χ4n) is 2.42. The third-order valence-corrected chi connectivity index (χ3v) is 4.30. The smallest absolute Gasteiger partial charge is 0.125 e. The summed E-state index contributed by atoms with van der Waals surface area (Å²) < 4.78 is 0. The molecule has 0 aromatic heterocycles. The van der Waals surface area contributed by atoms with Gasteiger partial charge in [0.25, 0.3) is 0 Å². The molecule has 0 radical (unpaired) electrons. The highest BCUT2D eigenvalue weighted by atomic mass is 35.5. The minimum atomic E-state index is 0.0224. The Bertz CT molecular complexity index is 1020. The van der Waals surface area contributed by atoms with Gasteiger partial charge in [-0.2, -0.15) is 0 Å². The van der Waals surface area contributed by atoms with E-state index >= 15 is 0 Å². The second-order valence-corrected chi connectivity index (χ2v) is 6.61. The highest BCUT2D eigenvalue weighted by Crippen LogP contribution is 2.15. The summed E-state index contributed by atoms with van der Waals surface area (Å²) in [6.45, 7) is 0.483. The number of halogens is 1. The van der Waals surface area contributed by atoms with Gasteiger partial charge in [-0.25, -0.2) is 0 Å². The Morgan fingerprint density at radius 1 is 0.862 bits per heavy atom. The van der Waals surface area contributed by atoms with E-state index in [0.717, 1.165) is 16.8 Å². The molecule has 3 aromatic rings. The number of hydrogen-bond donors (Lipinski definition) is 4. The van der Waals surface area contributed by atoms with Crippen molar-refractivity contribution in [2.24, 2.45) is 26.8 Å². The van der Waals surface area contributed by atoms with E-state index in [4.69, 9.17) is 28.5 Å². The fraction of sp³-hybridized carbons (Fsp3) is 0.0476. The van der Waals surface area contributed by atoms with Crippen LogP contribution in [0, 0.1) is 5.41 Å². The summed E-state index contributed by atoms with van der Waals surface area (Å²) in [7, 11) is 0. The number of nitrogens with two attached hydrogens (primary N) is 2. The molecule has 0 aliphatic rings. The zero-order valence-corrected chi connectivity index (χ0v) is 16.3. The lowest BCUT2D eigenvalue weighted by Gasteiger charge is -2.03. The molecular formula is C21H20ClN7. The molecular weight excluding hydrogens is 386 g/mol. The van der Waals surface area contributed by atoms with Gasteiger partial charge in [-0.1, -0.05) is 29.0 Å². The number of amidine groups is 2. The number of nitrogens with zero attached hydrogens (tertiary/aromatic N) is 3. The summed E-state index contributed by atoms with van der Waals surface area (Å²) in [5, 5.41) is 16.1. The van der Waals surface area contributed by atoms with Gasteiger partial charge in [0.1, 0.15) is 11.7 Å². The summed E-state index contributed by atoms with van der Waals surface area (Å²) in [5.74, 6) is 0.473. The van der Waals surface area contributed by atoms with Crippen molar-refractivity contribution in [1.29, 1.82) is 5.41 Å². The van der Waals surface area contributed by atoms with Crippen molar-refractivity contribution in [1.82, 2.24) is 0 Å². The summed E-state index contributed by atoms with van der Waals surface area (Å²) in [4.78, 5) is 4.41. The van der Waals surface area contributed by atoms with Crippen LogP contribution in [0.5, 0.6) is 0 Å². The van der Waals surface area contributed by atoms with Crippen LogP contribution in [0.1, 0.15) is 16.7 Å². The van der Waals surface area contributed by atoms with E-state index in [1.54, 1.807) is 24.3 Å². The van der Waals surface area contributed by atoms with E-state index in [1.807, 2.05) is 48.5 Å². The second kappa shape index (κ2) is 9.48. The molecule has 0 spiro atoms. The summed E-state index contributed by atoms with van der Waals surface area (Å²) in [5.41, 5.74) is 18.2. The van der Waals surface area contributed by atoms with Crippen molar-refractivity contribution in [2.75, 3.05) is 5.43 Å². The van der Waals surface area contributed by atoms with Crippen LogP contribution in [0.2, 0.25) is 5.02 Å². The van der Waals surface area contributed by atoms with E-state index < -0.39 is 0 Å². The van der Waals surface area contributed by atoms with Gasteiger partial charge in [0.2, 0.25) is 0 Å². The normalized spacial score (nSPS) is 11.6. The molecule has 0 atom stereocenters. The van der Waals surface area contributed by atoms with Gasteiger partial charge in [-0.05, 0) is 66.2 Å². The molecule has 8 heteroatoms. The molecule has 3 rings (SSSR count). The van der Waals surface area contributed by atoms with Crippen LogP contribution in [0.25, 0.3) is 0 Å². The van der Waals surface area contributed by atoms with Gasteiger partial charge >= 0.3 is 0 Å². The molecule has 146 valence electrons. The summed E-state index contributed by atoms with van der Waals surface area (Å²) in [6.07, 6.45) is 0. The monoisotopic (exact) mass is 405 g/mol.